The fourth-order valence-corrected chi connectivity index (χ4v) is 4.20. The first kappa shape index (κ1) is 23.1. The van der Waals surface area contributed by atoms with E-state index in [-0.39, 0.29) is 11.4 Å². The maximum absolute atomic E-state index is 13.3. The van der Waals surface area contributed by atoms with Gasteiger partial charge in [0.15, 0.2) is 11.0 Å². The van der Waals surface area contributed by atoms with Gasteiger partial charge in [-0.3, -0.25) is 4.79 Å². The van der Waals surface area contributed by atoms with Crippen molar-refractivity contribution in [3.05, 3.63) is 54.1 Å². The molecule has 174 valence electrons. The minimum absolute atomic E-state index is 0.0282. The van der Waals surface area contributed by atoms with Crippen molar-refractivity contribution in [1.82, 2.24) is 14.8 Å². The van der Waals surface area contributed by atoms with Gasteiger partial charge in [-0.15, -0.1) is 10.2 Å². The average Bonchev–Trinajstić information content (AvgIpc) is 3.18. The number of morpholine rings is 1. The lowest BCUT2D eigenvalue weighted by Crippen LogP contribution is -2.37. The molecule has 7 nitrogen and oxygen atoms in total. The summed E-state index contributed by atoms with van der Waals surface area (Å²) in [7, 11) is 1.80. The number of anilines is 2. The number of alkyl halides is 3. The molecule has 1 N–H and O–H groups in total. The van der Waals surface area contributed by atoms with Gasteiger partial charge in [-0.05, 0) is 18.2 Å². The Hall–Kier alpha value is -3.05. The van der Waals surface area contributed by atoms with Gasteiger partial charge in [-0.1, -0.05) is 42.1 Å². The van der Waals surface area contributed by atoms with Crippen LogP contribution in [0.1, 0.15) is 5.56 Å². The highest BCUT2D eigenvalue weighted by Crippen LogP contribution is 2.36. The second kappa shape index (κ2) is 9.84. The SMILES string of the molecule is Cn1c(SCC(=O)Nc2cc(C(F)(F)F)ccc2N2CCOCC2)nnc1-c1ccccc1. The lowest BCUT2D eigenvalue weighted by Gasteiger charge is -2.31. The first-order chi connectivity index (χ1) is 15.8. The molecule has 0 atom stereocenters. The Morgan fingerprint density at radius 2 is 1.85 bits per heavy atom. The lowest BCUT2D eigenvalue weighted by molar-refractivity contribution is -0.137. The minimum atomic E-state index is -4.51. The number of amides is 1. The quantitative estimate of drug-likeness (QED) is 0.540. The number of carbonyl (C=O) groups excluding carboxylic acids is 1. The van der Waals surface area contributed by atoms with Gasteiger partial charge in [-0.25, -0.2) is 0 Å². The van der Waals surface area contributed by atoms with Crippen LogP contribution in [0.4, 0.5) is 24.5 Å². The molecule has 2 aromatic carbocycles. The Labute approximate surface area is 192 Å². The third-order valence-corrected chi connectivity index (χ3v) is 6.17. The topological polar surface area (TPSA) is 72.3 Å². The molecule has 33 heavy (non-hydrogen) atoms. The normalized spacial score (nSPS) is 14.4. The van der Waals surface area contributed by atoms with Crippen LogP contribution in [0.5, 0.6) is 0 Å². The molecule has 1 saturated heterocycles. The molecule has 1 aliphatic heterocycles. The van der Waals surface area contributed by atoms with Crippen LogP contribution in [-0.4, -0.2) is 52.7 Å². The van der Waals surface area contributed by atoms with E-state index in [9.17, 15) is 18.0 Å². The third-order valence-electron chi connectivity index (χ3n) is 5.15. The van der Waals surface area contributed by atoms with Crippen molar-refractivity contribution in [2.24, 2.45) is 7.05 Å². The molecule has 0 spiro atoms. The number of rotatable bonds is 6. The smallest absolute Gasteiger partial charge is 0.378 e. The van der Waals surface area contributed by atoms with Gasteiger partial charge in [0.2, 0.25) is 5.91 Å². The molecule has 0 bridgehead atoms. The summed E-state index contributed by atoms with van der Waals surface area (Å²) in [5.41, 5.74) is 0.737. The summed E-state index contributed by atoms with van der Waals surface area (Å²) in [5, 5.41) is 11.5. The number of hydrogen-bond acceptors (Lipinski definition) is 6. The summed E-state index contributed by atoms with van der Waals surface area (Å²) in [6, 6.07) is 12.9. The number of hydrogen-bond donors (Lipinski definition) is 1. The molecule has 1 aromatic heterocycles. The summed E-state index contributed by atoms with van der Waals surface area (Å²) in [5.74, 6) is 0.198. The van der Waals surface area contributed by atoms with E-state index in [0.29, 0.717) is 43.0 Å². The van der Waals surface area contributed by atoms with Crippen LogP contribution >= 0.6 is 11.8 Å². The molecule has 0 aliphatic carbocycles. The third kappa shape index (κ3) is 5.48. The number of halogens is 3. The molecule has 3 aromatic rings. The number of nitrogens with zero attached hydrogens (tertiary/aromatic N) is 4. The first-order valence-corrected chi connectivity index (χ1v) is 11.2. The van der Waals surface area contributed by atoms with Crippen LogP contribution in [0, 0.1) is 0 Å². The minimum Gasteiger partial charge on any atom is -0.378 e. The highest BCUT2D eigenvalue weighted by atomic mass is 32.2. The molecular formula is C22H22F3N5O2S. The second-order valence-electron chi connectivity index (χ2n) is 7.40. The zero-order valence-electron chi connectivity index (χ0n) is 17.8. The molecule has 1 amide bonds. The van der Waals surface area contributed by atoms with Gasteiger partial charge in [0, 0.05) is 25.7 Å². The molecule has 11 heteroatoms. The zero-order chi connectivity index (χ0) is 23.4. The van der Waals surface area contributed by atoms with Gasteiger partial charge in [-0.2, -0.15) is 13.2 Å². The van der Waals surface area contributed by atoms with Gasteiger partial charge in [0.1, 0.15) is 0 Å². The number of thioether (sulfide) groups is 1. The Kier molecular flexibility index (Phi) is 6.89. The second-order valence-corrected chi connectivity index (χ2v) is 8.34. The molecule has 1 fully saturated rings. The van der Waals surface area contributed by atoms with E-state index in [1.54, 1.807) is 11.6 Å². The van der Waals surface area contributed by atoms with Crippen molar-refractivity contribution in [3.8, 4) is 11.4 Å². The van der Waals surface area contributed by atoms with Crippen LogP contribution in [0.25, 0.3) is 11.4 Å². The van der Waals surface area contributed by atoms with E-state index >= 15 is 0 Å². The maximum atomic E-state index is 13.3. The number of ether oxygens (including phenoxy) is 1. The molecule has 1 aliphatic rings. The predicted octanol–water partition coefficient (Wildman–Crippen LogP) is 4.07. The summed E-state index contributed by atoms with van der Waals surface area (Å²) in [6.07, 6.45) is -4.51. The van der Waals surface area contributed by atoms with E-state index < -0.39 is 17.6 Å². The van der Waals surface area contributed by atoms with E-state index in [4.69, 9.17) is 4.74 Å². The average molecular weight is 478 g/mol. The molecule has 2 heterocycles. The fraction of sp³-hybridized carbons (Fsp3) is 0.318. The molecule has 4 rings (SSSR count). The van der Waals surface area contributed by atoms with Crippen LogP contribution in [-0.2, 0) is 22.8 Å². The summed E-state index contributed by atoms with van der Waals surface area (Å²) in [6.45, 7) is 2.01. The summed E-state index contributed by atoms with van der Waals surface area (Å²) < 4.78 is 46.9. The maximum Gasteiger partial charge on any atom is 0.416 e. The molecule has 0 unspecified atom stereocenters. The zero-order valence-corrected chi connectivity index (χ0v) is 18.6. The van der Waals surface area contributed by atoms with Crippen LogP contribution < -0.4 is 10.2 Å². The van der Waals surface area contributed by atoms with E-state index in [2.05, 4.69) is 15.5 Å². The Bertz CT molecular complexity index is 1110. The largest absolute Gasteiger partial charge is 0.416 e. The summed E-state index contributed by atoms with van der Waals surface area (Å²) in [4.78, 5) is 14.6. The first-order valence-electron chi connectivity index (χ1n) is 10.2. The fourth-order valence-electron chi connectivity index (χ4n) is 3.49. The Morgan fingerprint density at radius 3 is 2.55 bits per heavy atom. The predicted molar refractivity (Wildman–Crippen MR) is 120 cm³/mol. The van der Waals surface area contributed by atoms with Crippen LogP contribution in [0.3, 0.4) is 0 Å². The standard InChI is InChI=1S/C22H22F3N5O2S/c1-29-20(15-5-3-2-4-6-15)27-28-21(29)33-14-19(31)26-17-13-16(22(23,24)25)7-8-18(17)30-9-11-32-12-10-30/h2-8,13H,9-12,14H2,1H3,(H,26,31). The van der Waals surface area contributed by atoms with E-state index in [1.807, 2.05) is 35.2 Å². The molecular weight excluding hydrogens is 455 g/mol. The number of carbonyl (C=O) groups is 1. The summed E-state index contributed by atoms with van der Waals surface area (Å²) >= 11 is 1.16. The van der Waals surface area contributed by atoms with Crippen molar-refractivity contribution in [3.63, 3.8) is 0 Å². The van der Waals surface area contributed by atoms with Crippen molar-refractivity contribution < 1.29 is 22.7 Å². The van der Waals surface area contributed by atoms with Crippen molar-refractivity contribution in [2.45, 2.75) is 11.3 Å². The van der Waals surface area contributed by atoms with Gasteiger partial charge < -0.3 is 19.5 Å². The monoisotopic (exact) mass is 477 g/mol. The van der Waals surface area contributed by atoms with E-state index in [0.717, 1.165) is 29.5 Å². The van der Waals surface area contributed by atoms with Crippen LogP contribution in [0.2, 0.25) is 0 Å². The Balaban J connectivity index is 1.48. The number of aromatic nitrogens is 3. The molecule has 0 saturated carbocycles. The van der Waals surface area contributed by atoms with Crippen molar-refractivity contribution >= 4 is 29.0 Å². The Morgan fingerprint density at radius 1 is 1.12 bits per heavy atom. The van der Waals surface area contributed by atoms with Crippen molar-refractivity contribution in [2.75, 3.05) is 42.3 Å². The van der Waals surface area contributed by atoms with Gasteiger partial charge in [0.25, 0.3) is 0 Å². The number of nitrogens with one attached hydrogen (secondary N) is 1. The highest BCUT2D eigenvalue weighted by Gasteiger charge is 2.32. The van der Waals surface area contributed by atoms with E-state index in [1.165, 1.54) is 6.07 Å². The van der Waals surface area contributed by atoms with Gasteiger partial charge >= 0.3 is 6.18 Å². The number of benzene rings is 2. The molecule has 0 radical (unpaired) electrons. The van der Waals surface area contributed by atoms with Crippen LogP contribution in [0.15, 0.2) is 53.7 Å². The van der Waals surface area contributed by atoms with Crippen molar-refractivity contribution in [1.29, 1.82) is 0 Å². The lowest BCUT2D eigenvalue weighted by atomic mass is 10.1. The highest BCUT2D eigenvalue weighted by molar-refractivity contribution is 7.99. The van der Waals surface area contributed by atoms with Gasteiger partial charge in [0.05, 0.1) is 35.9 Å².